The molecule has 0 amide bonds. The Kier molecular flexibility index (Phi) is 5.18. The fourth-order valence-electron chi connectivity index (χ4n) is 2.14. The van der Waals surface area contributed by atoms with Gasteiger partial charge in [-0.2, -0.15) is 5.10 Å². The number of halogens is 1. The second-order valence-corrected chi connectivity index (χ2v) is 6.63. The van der Waals surface area contributed by atoms with Gasteiger partial charge >= 0.3 is 0 Å². The summed E-state index contributed by atoms with van der Waals surface area (Å²) in [6.07, 6.45) is 2.79. The van der Waals surface area contributed by atoms with Crippen LogP contribution in [-0.4, -0.2) is 26.3 Å². The quantitative estimate of drug-likeness (QED) is 0.783. The van der Waals surface area contributed by atoms with Gasteiger partial charge in [-0.3, -0.25) is 4.68 Å². The highest BCUT2D eigenvalue weighted by Crippen LogP contribution is 2.27. The maximum Gasteiger partial charge on any atom is 0.165 e. The summed E-state index contributed by atoms with van der Waals surface area (Å²) in [5.41, 5.74) is 3.18. The van der Waals surface area contributed by atoms with Crippen LogP contribution < -0.4 is 5.32 Å². The standard InChI is InChI=1S/C15H22IN5/c1-6-17-15-13(16)12(7-9(2)3)19-14(20-15)11-8-18-21(5)10(11)4/h8-9H,6-7H2,1-5H3,(H,17,19,20). The zero-order valence-electron chi connectivity index (χ0n) is 13.2. The lowest BCUT2D eigenvalue weighted by molar-refractivity contribution is 0.632. The van der Waals surface area contributed by atoms with Crippen molar-refractivity contribution in [3.63, 3.8) is 0 Å². The molecule has 0 spiro atoms. The highest BCUT2D eigenvalue weighted by molar-refractivity contribution is 14.1. The first-order valence-corrected chi connectivity index (χ1v) is 8.31. The minimum absolute atomic E-state index is 0.561. The largest absolute Gasteiger partial charge is 0.369 e. The average Bonchev–Trinajstić information content (AvgIpc) is 2.74. The molecule has 0 saturated heterocycles. The molecule has 2 aromatic rings. The highest BCUT2D eigenvalue weighted by atomic mass is 127. The third-order valence-electron chi connectivity index (χ3n) is 3.34. The summed E-state index contributed by atoms with van der Waals surface area (Å²) in [5.74, 6) is 2.24. The van der Waals surface area contributed by atoms with Crippen LogP contribution in [0.25, 0.3) is 11.4 Å². The molecule has 0 atom stereocenters. The van der Waals surface area contributed by atoms with Crippen LogP contribution in [0.2, 0.25) is 0 Å². The Labute approximate surface area is 139 Å². The first-order chi connectivity index (χ1) is 9.93. The summed E-state index contributed by atoms with van der Waals surface area (Å²) in [6.45, 7) is 9.38. The Bertz CT molecular complexity index is 633. The molecule has 0 aromatic carbocycles. The van der Waals surface area contributed by atoms with Crippen molar-refractivity contribution in [3.8, 4) is 11.4 Å². The second-order valence-electron chi connectivity index (χ2n) is 5.55. The van der Waals surface area contributed by atoms with Crippen molar-refractivity contribution in [1.82, 2.24) is 19.7 Å². The van der Waals surface area contributed by atoms with Crippen molar-refractivity contribution in [2.75, 3.05) is 11.9 Å². The van der Waals surface area contributed by atoms with Gasteiger partial charge in [0.25, 0.3) is 0 Å². The van der Waals surface area contributed by atoms with E-state index in [0.29, 0.717) is 5.92 Å². The smallest absolute Gasteiger partial charge is 0.165 e. The number of anilines is 1. The molecule has 0 aliphatic heterocycles. The van der Waals surface area contributed by atoms with E-state index in [9.17, 15) is 0 Å². The number of aromatic nitrogens is 4. The molecule has 1 N–H and O–H groups in total. The first kappa shape index (κ1) is 16.2. The van der Waals surface area contributed by atoms with Crippen LogP contribution in [0.4, 0.5) is 5.82 Å². The topological polar surface area (TPSA) is 55.6 Å². The van der Waals surface area contributed by atoms with Crippen LogP contribution in [-0.2, 0) is 13.5 Å². The molecule has 114 valence electrons. The van der Waals surface area contributed by atoms with Crippen molar-refractivity contribution >= 4 is 28.4 Å². The van der Waals surface area contributed by atoms with Gasteiger partial charge in [0.1, 0.15) is 5.82 Å². The fraction of sp³-hybridized carbons (Fsp3) is 0.533. The third-order valence-corrected chi connectivity index (χ3v) is 4.48. The summed E-state index contributed by atoms with van der Waals surface area (Å²) in [4.78, 5) is 9.48. The summed E-state index contributed by atoms with van der Waals surface area (Å²) in [7, 11) is 1.94. The van der Waals surface area contributed by atoms with Crippen molar-refractivity contribution in [1.29, 1.82) is 0 Å². The van der Waals surface area contributed by atoms with Crippen molar-refractivity contribution in [2.24, 2.45) is 13.0 Å². The van der Waals surface area contributed by atoms with E-state index in [2.05, 4.69) is 53.8 Å². The third kappa shape index (κ3) is 3.53. The highest BCUT2D eigenvalue weighted by Gasteiger charge is 2.16. The lowest BCUT2D eigenvalue weighted by Gasteiger charge is -2.13. The number of rotatable bonds is 5. The summed E-state index contributed by atoms with van der Waals surface area (Å²) in [5, 5.41) is 7.64. The SMILES string of the molecule is CCNc1nc(-c2cnn(C)c2C)nc(CC(C)C)c1I. The maximum absolute atomic E-state index is 4.79. The van der Waals surface area contributed by atoms with Gasteiger partial charge in [0.05, 0.1) is 21.0 Å². The van der Waals surface area contributed by atoms with Crippen LogP contribution in [0.5, 0.6) is 0 Å². The predicted octanol–water partition coefficient (Wildman–Crippen LogP) is 3.42. The van der Waals surface area contributed by atoms with E-state index in [4.69, 9.17) is 9.97 Å². The van der Waals surface area contributed by atoms with Crippen LogP contribution in [0.3, 0.4) is 0 Å². The van der Waals surface area contributed by atoms with Crippen LogP contribution in [0.15, 0.2) is 6.20 Å². The summed E-state index contributed by atoms with van der Waals surface area (Å²) < 4.78 is 2.97. The molecule has 2 rings (SSSR count). The van der Waals surface area contributed by atoms with E-state index in [1.807, 2.05) is 24.9 Å². The van der Waals surface area contributed by atoms with Gasteiger partial charge in [-0.05, 0) is 48.8 Å². The van der Waals surface area contributed by atoms with E-state index in [1.165, 1.54) is 0 Å². The number of hydrogen-bond acceptors (Lipinski definition) is 4. The predicted molar refractivity (Wildman–Crippen MR) is 94.4 cm³/mol. The molecule has 0 aliphatic carbocycles. The van der Waals surface area contributed by atoms with Gasteiger partial charge < -0.3 is 5.32 Å². The van der Waals surface area contributed by atoms with Gasteiger partial charge in [0.2, 0.25) is 0 Å². The van der Waals surface area contributed by atoms with E-state index >= 15 is 0 Å². The van der Waals surface area contributed by atoms with Crippen LogP contribution >= 0.6 is 22.6 Å². The number of aryl methyl sites for hydroxylation is 1. The molecular formula is C15H22IN5. The monoisotopic (exact) mass is 399 g/mol. The normalized spacial score (nSPS) is 11.2. The van der Waals surface area contributed by atoms with Gasteiger partial charge in [0, 0.05) is 19.3 Å². The molecular weight excluding hydrogens is 377 g/mol. The van der Waals surface area contributed by atoms with E-state index < -0.39 is 0 Å². The molecule has 0 fully saturated rings. The van der Waals surface area contributed by atoms with E-state index in [-0.39, 0.29) is 0 Å². The number of nitrogens with zero attached hydrogens (tertiary/aromatic N) is 4. The number of hydrogen-bond donors (Lipinski definition) is 1. The molecule has 5 nitrogen and oxygen atoms in total. The minimum atomic E-state index is 0.561. The van der Waals surface area contributed by atoms with Crippen LogP contribution in [0, 0.1) is 16.4 Å². The summed E-state index contributed by atoms with van der Waals surface area (Å²) >= 11 is 2.34. The molecule has 0 aliphatic rings. The Morgan fingerprint density at radius 2 is 2.05 bits per heavy atom. The minimum Gasteiger partial charge on any atom is -0.369 e. The Balaban J connectivity index is 2.55. The fourth-order valence-corrected chi connectivity index (χ4v) is 2.79. The summed E-state index contributed by atoms with van der Waals surface area (Å²) in [6, 6.07) is 0. The average molecular weight is 399 g/mol. The van der Waals surface area contributed by atoms with Gasteiger partial charge in [-0.15, -0.1) is 0 Å². The molecule has 6 heteroatoms. The lowest BCUT2D eigenvalue weighted by atomic mass is 10.1. The second kappa shape index (κ2) is 6.72. The van der Waals surface area contributed by atoms with Crippen molar-refractivity contribution in [3.05, 3.63) is 21.2 Å². The van der Waals surface area contributed by atoms with Gasteiger partial charge in [0.15, 0.2) is 5.82 Å². The first-order valence-electron chi connectivity index (χ1n) is 7.23. The Hall–Kier alpha value is -1.18. The molecule has 0 bridgehead atoms. The Morgan fingerprint density at radius 3 is 2.57 bits per heavy atom. The Morgan fingerprint density at radius 1 is 1.33 bits per heavy atom. The molecule has 2 heterocycles. The van der Waals surface area contributed by atoms with Crippen molar-refractivity contribution in [2.45, 2.75) is 34.1 Å². The molecule has 21 heavy (non-hydrogen) atoms. The van der Waals surface area contributed by atoms with E-state index in [0.717, 1.165) is 45.1 Å². The van der Waals surface area contributed by atoms with Gasteiger partial charge in [-0.25, -0.2) is 9.97 Å². The van der Waals surface area contributed by atoms with Crippen molar-refractivity contribution < 1.29 is 0 Å². The van der Waals surface area contributed by atoms with Crippen LogP contribution in [0.1, 0.15) is 32.2 Å². The van der Waals surface area contributed by atoms with Gasteiger partial charge in [-0.1, -0.05) is 13.8 Å². The lowest BCUT2D eigenvalue weighted by Crippen LogP contribution is -2.10. The number of nitrogens with one attached hydrogen (secondary N) is 1. The molecule has 0 radical (unpaired) electrons. The molecule has 0 unspecified atom stereocenters. The zero-order chi connectivity index (χ0) is 15.6. The molecule has 2 aromatic heterocycles. The van der Waals surface area contributed by atoms with E-state index in [1.54, 1.807) is 0 Å². The zero-order valence-corrected chi connectivity index (χ0v) is 15.4. The molecule has 0 saturated carbocycles. The maximum atomic E-state index is 4.79.